The van der Waals surface area contributed by atoms with E-state index in [0.717, 1.165) is 11.3 Å². The molecular formula is C23H25Cl4NO4. The maximum absolute atomic E-state index is 6.25. The van der Waals surface area contributed by atoms with Gasteiger partial charge in [0.2, 0.25) is 0 Å². The first kappa shape index (κ1) is 26.5. The summed E-state index contributed by atoms with van der Waals surface area (Å²) in [6, 6.07) is 10.8. The van der Waals surface area contributed by atoms with Gasteiger partial charge in [-0.05, 0) is 41.8 Å². The zero-order chi connectivity index (χ0) is 23.3. The number of ether oxygens (including phenoxy) is 3. The molecule has 0 amide bonds. The first-order valence-electron chi connectivity index (χ1n) is 9.99. The average molecular weight is 521 g/mol. The van der Waals surface area contributed by atoms with Gasteiger partial charge in [-0.3, -0.25) is 0 Å². The van der Waals surface area contributed by atoms with Gasteiger partial charge in [0.05, 0.1) is 29.5 Å². The smallest absolute Gasteiger partial charge is 0.156 e. The minimum Gasteiger partial charge on any atom is -0.493 e. The number of nitrogens with zero attached hydrogens (tertiary/aromatic N) is 1. The Kier molecular flexibility index (Phi) is 11.9. The molecule has 0 aliphatic heterocycles. The standard InChI is InChI=1S/C23H25Cl4NO4/c1-16(2)15-32-28-14-17-4-6-18(7-5-17)29-9-3-10-31-23-20(24)12-19(13-21(23)25)30-11-8-22(26)27/h4-8,12-14,16H,3,9-11,15H2,1-2H3. The fourth-order valence-electron chi connectivity index (χ4n) is 2.32. The molecule has 32 heavy (non-hydrogen) atoms. The second-order valence-corrected chi connectivity index (χ2v) is 8.89. The Bertz CT molecular complexity index is 874. The largest absolute Gasteiger partial charge is 0.493 e. The summed E-state index contributed by atoms with van der Waals surface area (Å²) in [7, 11) is 0. The molecule has 0 saturated carbocycles. The number of halogens is 4. The summed E-state index contributed by atoms with van der Waals surface area (Å²) < 4.78 is 17.0. The number of hydrogen-bond acceptors (Lipinski definition) is 5. The van der Waals surface area contributed by atoms with Crippen LogP contribution in [0.5, 0.6) is 17.2 Å². The van der Waals surface area contributed by atoms with Crippen LogP contribution in [0.2, 0.25) is 10.0 Å². The van der Waals surface area contributed by atoms with Gasteiger partial charge < -0.3 is 19.0 Å². The first-order chi connectivity index (χ1) is 15.3. The highest BCUT2D eigenvalue weighted by Gasteiger charge is 2.10. The fourth-order valence-corrected chi connectivity index (χ4v) is 3.02. The highest BCUT2D eigenvalue weighted by atomic mass is 35.5. The summed E-state index contributed by atoms with van der Waals surface area (Å²) in [5.74, 6) is 2.08. The number of hydrogen-bond donors (Lipinski definition) is 0. The van der Waals surface area contributed by atoms with E-state index in [1.54, 1.807) is 18.3 Å². The minimum atomic E-state index is 0.126. The molecule has 0 bridgehead atoms. The summed E-state index contributed by atoms with van der Waals surface area (Å²) in [5, 5.41) is 4.64. The Balaban J connectivity index is 1.73. The Morgan fingerprint density at radius 1 is 0.938 bits per heavy atom. The molecule has 0 heterocycles. The number of benzene rings is 2. The number of rotatable bonds is 13. The van der Waals surface area contributed by atoms with Crippen LogP contribution in [0.25, 0.3) is 0 Å². The van der Waals surface area contributed by atoms with Gasteiger partial charge in [0, 0.05) is 18.6 Å². The Morgan fingerprint density at radius 3 is 2.22 bits per heavy atom. The van der Waals surface area contributed by atoms with E-state index in [0.29, 0.717) is 53.7 Å². The van der Waals surface area contributed by atoms with Crippen molar-refractivity contribution in [3.63, 3.8) is 0 Å². The maximum Gasteiger partial charge on any atom is 0.156 e. The quantitative estimate of drug-likeness (QED) is 0.155. The summed E-state index contributed by atoms with van der Waals surface area (Å²) in [6.45, 7) is 5.80. The van der Waals surface area contributed by atoms with E-state index in [1.165, 1.54) is 6.08 Å². The molecule has 5 nitrogen and oxygen atoms in total. The van der Waals surface area contributed by atoms with Crippen LogP contribution in [0.4, 0.5) is 0 Å². The molecule has 2 aromatic carbocycles. The van der Waals surface area contributed by atoms with Gasteiger partial charge in [-0.1, -0.05) is 65.4 Å². The van der Waals surface area contributed by atoms with E-state index in [4.69, 9.17) is 65.5 Å². The molecule has 0 aliphatic rings. The van der Waals surface area contributed by atoms with Gasteiger partial charge in [-0.15, -0.1) is 0 Å². The van der Waals surface area contributed by atoms with Crippen LogP contribution in [-0.4, -0.2) is 32.6 Å². The van der Waals surface area contributed by atoms with Crippen molar-refractivity contribution in [2.24, 2.45) is 11.1 Å². The summed E-state index contributed by atoms with van der Waals surface area (Å²) in [6.07, 6.45) is 3.84. The van der Waals surface area contributed by atoms with Crippen molar-refractivity contribution in [3.05, 3.63) is 62.6 Å². The lowest BCUT2D eigenvalue weighted by atomic mass is 10.2. The predicted octanol–water partition coefficient (Wildman–Crippen LogP) is 7.55. The van der Waals surface area contributed by atoms with Crippen LogP contribution >= 0.6 is 46.4 Å². The predicted molar refractivity (Wildman–Crippen MR) is 132 cm³/mol. The van der Waals surface area contributed by atoms with Crippen molar-refractivity contribution < 1.29 is 19.0 Å². The molecule has 0 aliphatic carbocycles. The third kappa shape index (κ3) is 10.2. The third-order valence-electron chi connectivity index (χ3n) is 3.83. The van der Waals surface area contributed by atoms with Crippen molar-refractivity contribution in [1.82, 2.24) is 0 Å². The van der Waals surface area contributed by atoms with Crippen molar-refractivity contribution in [1.29, 1.82) is 0 Å². The highest BCUT2D eigenvalue weighted by Crippen LogP contribution is 2.37. The second kappa shape index (κ2) is 14.4. The van der Waals surface area contributed by atoms with Crippen molar-refractivity contribution >= 4 is 52.6 Å². The summed E-state index contributed by atoms with van der Waals surface area (Å²) in [4.78, 5) is 5.19. The minimum absolute atomic E-state index is 0.126. The number of oxime groups is 1. The Hall–Kier alpha value is -1.79. The molecule has 0 unspecified atom stereocenters. The summed E-state index contributed by atoms with van der Waals surface area (Å²) in [5.41, 5.74) is 0.933. The van der Waals surface area contributed by atoms with Crippen LogP contribution in [0.3, 0.4) is 0 Å². The molecule has 9 heteroatoms. The van der Waals surface area contributed by atoms with E-state index in [2.05, 4.69) is 19.0 Å². The Labute approximate surface area is 208 Å². The first-order valence-corrected chi connectivity index (χ1v) is 11.5. The molecule has 0 spiro atoms. The van der Waals surface area contributed by atoms with E-state index >= 15 is 0 Å². The van der Waals surface area contributed by atoms with Crippen LogP contribution in [0.15, 0.2) is 52.1 Å². The molecule has 2 aromatic rings. The second-order valence-electron chi connectivity index (χ2n) is 7.06. The molecule has 2 rings (SSSR count). The van der Waals surface area contributed by atoms with Gasteiger partial charge in [0.25, 0.3) is 0 Å². The molecule has 0 saturated heterocycles. The van der Waals surface area contributed by atoms with Crippen molar-refractivity contribution in [3.8, 4) is 17.2 Å². The summed E-state index contributed by atoms with van der Waals surface area (Å²) >= 11 is 23.6. The highest BCUT2D eigenvalue weighted by molar-refractivity contribution is 6.55. The average Bonchev–Trinajstić information content (AvgIpc) is 2.73. The molecule has 0 fully saturated rings. The van der Waals surface area contributed by atoms with E-state index in [1.807, 2.05) is 24.3 Å². The molecule has 0 radical (unpaired) electrons. The SMILES string of the molecule is CC(C)CON=Cc1ccc(OCCCOc2c(Cl)cc(OCC=C(Cl)Cl)cc2Cl)cc1. The van der Waals surface area contributed by atoms with Gasteiger partial charge >= 0.3 is 0 Å². The van der Waals surface area contributed by atoms with Crippen LogP contribution < -0.4 is 14.2 Å². The van der Waals surface area contributed by atoms with E-state index in [-0.39, 0.29) is 11.1 Å². The van der Waals surface area contributed by atoms with Gasteiger partial charge in [0.1, 0.15) is 29.2 Å². The lowest BCUT2D eigenvalue weighted by Gasteiger charge is -2.12. The van der Waals surface area contributed by atoms with E-state index < -0.39 is 0 Å². The van der Waals surface area contributed by atoms with Gasteiger partial charge in [-0.2, -0.15) is 0 Å². The molecule has 0 aromatic heterocycles. The molecular weight excluding hydrogens is 496 g/mol. The van der Waals surface area contributed by atoms with Crippen LogP contribution in [0.1, 0.15) is 25.8 Å². The normalized spacial score (nSPS) is 11.0. The lowest BCUT2D eigenvalue weighted by molar-refractivity contribution is 0.120. The van der Waals surface area contributed by atoms with E-state index in [9.17, 15) is 0 Å². The fraction of sp³-hybridized carbons (Fsp3) is 0.348. The monoisotopic (exact) mass is 519 g/mol. The van der Waals surface area contributed by atoms with Crippen LogP contribution in [0, 0.1) is 5.92 Å². The maximum atomic E-state index is 6.25. The Morgan fingerprint density at radius 2 is 1.59 bits per heavy atom. The van der Waals surface area contributed by atoms with Crippen molar-refractivity contribution in [2.45, 2.75) is 20.3 Å². The lowest BCUT2D eigenvalue weighted by Crippen LogP contribution is -2.06. The third-order valence-corrected chi connectivity index (χ3v) is 4.70. The zero-order valence-electron chi connectivity index (χ0n) is 17.8. The topological polar surface area (TPSA) is 49.3 Å². The van der Waals surface area contributed by atoms with Gasteiger partial charge in [-0.25, -0.2) is 0 Å². The van der Waals surface area contributed by atoms with Crippen molar-refractivity contribution in [2.75, 3.05) is 26.4 Å². The van der Waals surface area contributed by atoms with Crippen LogP contribution in [-0.2, 0) is 4.84 Å². The van der Waals surface area contributed by atoms with Gasteiger partial charge in [0.15, 0.2) is 5.75 Å². The zero-order valence-corrected chi connectivity index (χ0v) is 20.8. The molecule has 0 atom stereocenters. The molecule has 0 N–H and O–H groups in total. The molecule has 174 valence electrons.